The summed E-state index contributed by atoms with van der Waals surface area (Å²) < 4.78 is 10.8. The number of amides is 1. The number of nitrogens with zero attached hydrogens (tertiary/aromatic N) is 1. The second-order valence-electron chi connectivity index (χ2n) is 3.93. The fraction of sp³-hybridized carbons (Fsp3) is 0.462. The van der Waals surface area contributed by atoms with E-state index in [4.69, 9.17) is 9.47 Å². The van der Waals surface area contributed by atoms with Crippen molar-refractivity contribution in [2.75, 3.05) is 21.2 Å². The van der Waals surface area contributed by atoms with Gasteiger partial charge in [0.2, 0.25) is 0 Å². The van der Waals surface area contributed by atoms with Gasteiger partial charge in [-0.3, -0.25) is 4.79 Å². The molecule has 1 aromatic carbocycles. The summed E-state index contributed by atoms with van der Waals surface area (Å²) in [4.78, 5) is 13.3. The molecule has 0 unspecified atom stereocenters. The molecule has 1 aromatic rings. The van der Waals surface area contributed by atoms with E-state index >= 15 is 0 Å². The van der Waals surface area contributed by atoms with E-state index in [9.17, 15) is 4.79 Å². The maximum Gasteiger partial charge on any atom is 0.263 e. The predicted octanol–water partition coefficient (Wildman–Crippen LogP) is 1.94. The van der Waals surface area contributed by atoms with Gasteiger partial charge in [-0.1, -0.05) is 13.0 Å². The van der Waals surface area contributed by atoms with Crippen LogP contribution in [0.15, 0.2) is 24.3 Å². The zero-order valence-corrected chi connectivity index (χ0v) is 10.8. The third-order valence-electron chi connectivity index (χ3n) is 2.41. The molecule has 0 spiro atoms. The number of hydrogen-bond donors (Lipinski definition) is 0. The lowest BCUT2D eigenvalue weighted by Crippen LogP contribution is -2.37. The fourth-order valence-electron chi connectivity index (χ4n) is 1.44. The molecule has 4 nitrogen and oxygen atoms in total. The Morgan fingerprint density at radius 1 is 1.35 bits per heavy atom. The van der Waals surface area contributed by atoms with E-state index in [-0.39, 0.29) is 5.91 Å². The molecule has 0 N–H and O–H groups in total. The third kappa shape index (κ3) is 3.66. The number of rotatable bonds is 5. The van der Waals surface area contributed by atoms with Crippen molar-refractivity contribution in [2.45, 2.75) is 19.4 Å². The summed E-state index contributed by atoms with van der Waals surface area (Å²) in [5.74, 6) is 1.33. The maximum absolute atomic E-state index is 11.8. The Kier molecular flexibility index (Phi) is 4.82. The Morgan fingerprint density at radius 2 is 2.00 bits per heavy atom. The Morgan fingerprint density at radius 3 is 2.53 bits per heavy atom. The molecule has 0 bridgehead atoms. The minimum Gasteiger partial charge on any atom is -0.497 e. The van der Waals surface area contributed by atoms with E-state index in [0.717, 1.165) is 5.75 Å². The van der Waals surface area contributed by atoms with Crippen LogP contribution in [-0.4, -0.2) is 38.1 Å². The van der Waals surface area contributed by atoms with Crippen LogP contribution in [-0.2, 0) is 4.79 Å². The van der Waals surface area contributed by atoms with Crippen LogP contribution < -0.4 is 9.47 Å². The van der Waals surface area contributed by atoms with Crippen molar-refractivity contribution in [3.05, 3.63) is 24.3 Å². The lowest BCUT2D eigenvalue weighted by Gasteiger charge is -2.20. The van der Waals surface area contributed by atoms with Gasteiger partial charge in [-0.2, -0.15) is 0 Å². The molecule has 1 amide bonds. The molecule has 0 aromatic heterocycles. The van der Waals surface area contributed by atoms with Gasteiger partial charge in [0, 0.05) is 20.2 Å². The highest BCUT2D eigenvalue weighted by atomic mass is 16.5. The van der Waals surface area contributed by atoms with Gasteiger partial charge in [0.15, 0.2) is 6.10 Å². The van der Waals surface area contributed by atoms with Gasteiger partial charge in [-0.15, -0.1) is 0 Å². The molecule has 0 heterocycles. The second kappa shape index (κ2) is 6.13. The van der Waals surface area contributed by atoms with Crippen LogP contribution in [0.5, 0.6) is 11.5 Å². The Bertz CT molecular complexity index is 377. The van der Waals surface area contributed by atoms with Crippen molar-refractivity contribution < 1.29 is 14.3 Å². The lowest BCUT2D eigenvalue weighted by molar-refractivity contribution is -0.136. The number of carbonyl (C=O) groups excluding carboxylic acids is 1. The van der Waals surface area contributed by atoms with Crippen molar-refractivity contribution in [3.8, 4) is 11.5 Å². The van der Waals surface area contributed by atoms with E-state index in [2.05, 4.69) is 0 Å². The number of carbonyl (C=O) groups is 1. The van der Waals surface area contributed by atoms with E-state index in [0.29, 0.717) is 12.2 Å². The van der Waals surface area contributed by atoms with Crippen LogP contribution in [0.2, 0.25) is 0 Å². The monoisotopic (exact) mass is 237 g/mol. The highest BCUT2D eigenvalue weighted by Crippen LogP contribution is 2.20. The van der Waals surface area contributed by atoms with Crippen molar-refractivity contribution in [1.82, 2.24) is 4.90 Å². The number of ether oxygens (including phenoxy) is 2. The summed E-state index contributed by atoms with van der Waals surface area (Å²) in [6, 6.07) is 7.25. The smallest absolute Gasteiger partial charge is 0.263 e. The van der Waals surface area contributed by atoms with Gasteiger partial charge in [0.05, 0.1) is 7.11 Å². The molecular weight excluding hydrogens is 218 g/mol. The van der Waals surface area contributed by atoms with Gasteiger partial charge in [-0.05, 0) is 18.6 Å². The summed E-state index contributed by atoms with van der Waals surface area (Å²) >= 11 is 0. The van der Waals surface area contributed by atoms with E-state index in [1.165, 1.54) is 4.90 Å². The molecule has 0 saturated heterocycles. The van der Waals surface area contributed by atoms with Crippen molar-refractivity contribution in [3.63, 3.8) is 0 Å². The summed E-state index contributed by atoms with van der Waals surface area (Å²) in [5.41, 5.74) is 0. The van der Waals surface area contributed by atoms with Gasteiger partial charge in [-0.25, -0.2) is 0 Å². The van der Waals surface area contributed by atoms with Crippen LogP contribution in [0.3, 0.4) is 0 Å². The zero-order valence-electron chi connectivity index (χ0n) is 10.8. The Balaban J connectivity index is 2.76. The molecule has 0 aliphatic carbocycles. The van der Waals surface area contributed by atoms with Crippen LogP contribution in [0.1, 0.15) is 13.3 Å². The minimum atomic E-state index is -0.447. The molecule has 17 heavy (non-hydrogen) atoms. The first-order valence-corrected chi connectivity index (χ1v) is 5.60. The van der Waals surface area contributed by atoms with Crippen LogP contribution in [0, 0.1) is 0 Å². The molecular formula is C13H19NO3. The van der Waals surface area contributed by atoms with E-state index in [1.54, 1.807) is 27.3 Å². The number of hydrogen-bond acceptors (Lipinski definition) is 3. The molecule has 0 aliphatic heterocycles. The number of likely N-dealkylation sites (N-methyl/N-ethyl adjacent to an activating group) is 1. The molecule has 1 rings (SSSR count). The number of benzene rings is 1. The summed E-state index contributed by atoms with van der Waals surface area (Å²) in [6.45, 7) is 1.92. The highest BCUT2D eigenvalue weighted by Gasteiger charge is 2.20. The molecule has 0 aliphatic rings. The highest BCUT2D eigenvalue weighted by molar-refractivity contribution is 5.80. The standard InChI is InChI=1S/C13H19NO3/c1-5-12(13(15)14(2)3)17-11-8-6-7-10(9-11)16-4/h6-9,12H,5H2,1-4H3/t12-/m1/s1. The lowest BCUT2D eigenvalue weighted by atomic mass is 10.2. The van der Waals surface area contributed by atoms with Gasteiger partial charge in [0.25, 0.3) is 5.91 Å². The van der Waals surface area contributed by atoms with Crippen LogP contribution in [0.4, 0.5) is 0 Å². The second-order valence-corrected chi connectivity index (χ2v) is 3.93. The van der Waals surface area contributed by atoms with E-state index < -0.39 is 6.10 Å². The summed E-state index contributed by atoms with van der Waals surface area (Å²) in [7, 11) is 5.04. The zero-order chi connectivity index (χ0) is 12.8. The first-order valence-electron chi connectivity index (χ1n) is 5.60. The summed E-state index contributed by atoms with van der Waals surface area (Å²) in [6.07, 6.45) is 0.186. The largest absolute Gasteiger partial charge is 0.497 e. The molecule has 0 fully saturated rings. The quantitative estimate of drug-likeness (QED) is 0.785. The Labute approximate surface area is 102 Å². The molecule has 94 valence electrons. The van der Waals surface area contributed by atoms with Crippen molar-refractivity contribution in [1.29, 1.82) is 0 Å². The SMILES string of the molecule is CC[C@@H](Oc1cccc(OC)c1)C(=O)N(C)C. The average molecular weight is 237 g/mol. The molecule has 1 atom stereocenters. The fourth-order valence-corrected chi connectivity index (χ4v) is 1.44. The number of methoxy groups -OCH3 is 1. The molecule has 0 saturated carbocycles. The van der Waals surface area contributed by atoms with Crippen molar-refractivity contribution in [2.24, 2.45) is 0 Å². The topological polar surface area (TPSA) is 38.8 Å². The van der Waals surface area contributed by atoms with Gasteiger partial charge >= 0.3 is 0 Å². The van der Waals surface area contributed by atoms with Gasteiger partial charge < -0.3 is 14.4 Å². The minimum absolute atomic E-state index is 0.0321. The van der Waals surface area contributed by atoms with Crippen LogP contribution in [0.25, 0.3) is 0 Å². The van der Waals surface area contributed by atoms with Crippen molar-refractivity contribution >= 4 is 5.91 Å². The normalized spacial score (nSPS) is 11.8. The van der Waals surface area contributed by atoms with E-state index in [1.807, 2.05) is 25.1 Å². The Hall–Kier alpha value is -1.71. The molecule has 0 radical (unpaired) electrons. The average Bonchev–Trinajstić information content (AvgIpc) is 2.35. The third-order valence-corrected chi connectivity index (χ3v) is 2.41. The van der Waals surface area contributed by atoms with Crippen LogP contribution >= 0.6 is 0 Å². The molecule has 4 heteroatoms. The summed E-state index contributed by atoms with van der Waals surface area (Å²) in [5, 5.41) is 0. The first kappa shape index (κ1) is 13.4. The first-order chi connectivity index (χ1) is 8.08. The predicted molar refractivity (Wildman–Crippen MR) is 66.4 cm³/mol. The maximum atomic E-state index is 11.8. The van der Waals surface area contributed by atoms with Gasteiger partial charge in [0.1, 0.15) is 11.5 Å².